The van der Waals surface area contributed by atoms with Gasteiger partial charge in [0.05, 0.1) is 16.7 Å². The third kappa shape index (κ3) is 5.08. The van der Waals surface area contributed by atoms with Crippen molar-refractivity contribution >= 4 is 17.2 Å². The van der Waals surface area contributed by atoms with Gasteiger partial charge in [0.25, 0.3) is 5.91 Å². The topological polar surface area (TPSA) is 45.7 Å². The molecule has 0 spiro atoms. The highest BCUT2D eigenvalue weighted by molar-refractivity contribution is 7.11. The first-order valence-corrected chi connectivity index (χ1v) is 10.4. The first-order valence-electron chi connectivity index (χ1n) is 9.57. The summed E-state index contributed by atoms with van der Waals surface area (Å²) in [5.41, 5.74) is 2.38. The summed E-state index contributed by atoms with van der Waals surface area (Å²) < 4.78 is 5.66. The molecule has 3 rings (SSSR count). The van der Waals surface area contributed by atoms with Crippen LogP contribution < -0.4 is 4.74 Å². The van der Waals surface area contributed by atoms with Gasteiger partial charge in [-0.2, -0.15) is 0 Å². The van der Waals surface area contributed by atoms with Crippen LogP contribution in [0.15, 0.2) is 24.3 Å². The van der Waals surface area contributed by atoms with E-state index in [0.29, 0.717) is 0 Å². The normalized spacial score (nSPS) is 15.4. The highest BCUT2D eigenvalue weighted by atomic mass is 32.1. The zero-order valence-electron chi connectivity index (χ0n) is 16.7. The molecule has 0 N–H and O–H groups in total. The number of benzene rings is 1. The molecule has 1 amide bonds. The van der Waals surface area contributed by atoms with Gasteiger partial charge in [0, 0.05) is 24.5 Å². The summed E-state index contributed by atoms with van der Waals surface area (Å²) in [7, 11) is 2.12. The Morgan fingerprint density at radius 3 is 2.52 bits per heavy atom. The van der Waals surface area contributed by atoms with E-state index in [2.05, 4.69) is 49.8 Å². The molecule has 27 heavy (non-hydrogen) atoms. The van der Waals surface area contributed by atoms with Gasteiger partial charge in [-0.15, -0.1) is 11.3 Å². The van der Waals surface area contributed by atoms with Crippen LogP contribution in [0.3, 0.4) is 0 Å². The molecule has 1 aliphatic heterocycles. The molecule has 1 atom stereocenters. The molecular formula is C21H29N3O2S. The lowest BCUT2D eigenvalue weighted by molar-refractivity contribution is -0.132. The van der Waals surface area contributed by atoms with E-state index < -0.39 is 0 Å². The number of rotatable bonds is 7. The van der Waals surface area contributed by atoms with E-state index in [9.17, 15) is 4.79 Å². The van der Waals surface area contributed by atoms with Crippen LogP contribution in [0.1, 0.15) is 46.9 Å². The number of aryl methyl sites for hydroxylation is 2. The number of aromatic nitrogens is 1. The molecule has 0 aliphatic carbocycles. The molecule has 0 saturated carbocycles. The lowest BCUT2D eigenvalue weighted by Gasteiger charge is -2.24. The number of thiazole rings is 1. The van der Waals surface area contributed by atoms with Crippen LogP contribution in [0.5, 0.6) is 5.75 Å². The van der Waals surface area contributed by atoms with E-state index in [1.54, 1.807) is 11.3 Å². The van der Waals surface area contributed by atoms with Gasteiger partial charge in [0.1, 0.15) is 5.75 Å². The van der Waals surface area contributed by atoms with Gasteiger partial charge >= 0.3 is 0 Å². The van der Waals surface area contributed by atoms with Crippen LogP contribution in [0, 0.1) is 13.8 Å². The number of carbonyl (C=O) groups is 1. The Kier molecular flexibility index (Phi) is 6.50. The molecule has 1 aromatic heterocycles. The van der Waals surface area contributed by atoms with Gasteiger partial charge in [-0.05, 0) is 58.4 Å². The number of hydrogen-bond donors (Lipinski definition) is 0. The highest BCUT2D eigenvalue weighted by Gasteiger charge is 2.19. The second kappa shape index (κ2) is 8.85. The Labute approximate surface area is 166 Å². The van der Waals surface area contributed by atoms with Crippen LogP contribution in [0.4, 0.5) is 0 Å². The lowest BCUT2D eigenvalue weighted by Crippen LogP contribution is -2.32. The number of likely N-dealkylation sites (tertiary alicyclic amines) is 1. The van der Waals surface area contributed by atoms with Crippen molar-refractivity contribution in [3.8, 4) is 5.75 Å². The maximum atomic E-state index is 12.1. The molecule has 0 bridgehead atoms. The quantitative estimate of drug-likeness (QED) is 0.722. The Bertz CT molecular complexity index is 766. The Balaban J connectivity index is 1.52. The van der Waals surface area contributed by atoms with Crippen LogP contribution >= 0.6 is 11.3 Å². The first-order chi connectivity index (χ1) is 12.9. The fourth-order valence-corrected chi connectivity index (χ4v) is 4.37. The number of amides is 1. The van der Waals surface area contributed by atoms with Crippen molar-refractivity contribution in [1.29, 1.82) is 0 Å². The third-order valence-corrected chi connectivity index (χ3v) is 6.07. The molecule has 146 valence electrons. The minimum atomic E-state index is 0.0825. The number of hydrogen-bond acceptors (Lipinski definition) is 5. The van der Waals surface area contributed by atoms with E-state index in [1.807, 2.05) is 17.0 Å². The average molecular weight is 388 g/mol. The second-order valence-corrected chi connectivity index (χ2v) is 8.69. The fraction of sp³-hybridized carbons (Fsp3) is 0.524. The molecule has 2 heterocycles. The molecule has 1 fully saturated rings. The van der Waals surface area contributed by atoms with Crippen LogP contribution in [-0.2, 0) is 11.3 Å². The van der Waals surface area contributed by atoms with Gasteiger partial charge in [-0.25, -0.2) is 4.98 Å². The maximum absolute atomic E-state index is 12.1. The SMILES string of the molecule is Cc1nc(C(C)N(C)Cc2ccc(OCC(=O)N3CCCC3)cc2)c(C)s1. The van der Waals surface area contributed by atoms with Gasteiger partial charge in [-0.3, -0.25) is 9.69 Å². The minimum absolute atomic E-state index is 0.0825. The number of nitrogens with zero attached hydrogens (tertiary/aromatic N) is 3. The molecule has 1 unspecified atom stereocenters. The summed E-state index contributed by atoms with van der Waals surface area (Å²) in [5.74, 6) is 0.826. The van der Waals surface area contributed by atoms with Gasteiger partial charge in [0.15, 0.2) is 6.61 Å². The monoisotopic (exact) mass is 387 g/mol. The molecule has 2 aromatic rings. The van der Waals surface area contributed by atoms with E-state index >= 15 is 0 Å². The zero-order valence-corrected chi connectivity index (χ0v) is 17.5. The Hall–Kier alpha value is -1.92. The van der Waals surface area contributed by atoms with E-state index in [-0.39, 0.29) is 18.6 Å². The smallest absolute Gasteiger partial charge is 0.260 e. The van der Waals surface area contributed by atoms with Gasteiger partial charge in [0.2, 0.25) is 0 Å². The standard InChI is InChI=1S/C21H29N3O2S/c1-15(21-16(2)27-17(3)22-21)23(4)13-18-7-9-19(10-8-18)26-14-20(25)24-11-5-6-12-24/h7-10,15H,5-6,11-14H2,1-4H3. The van der Waals surface area contributed by atoms with Crippen molar-refractivity contribution in [2.75, 3.05) is 26.7 Å². The highest BCUT2D eigenvalue weighted by Crippen LogP contribution is 2.27. The fourth-order valence-electron chi connectivity index (χ4n) is 3.46. The number of carbonyl (C=O) groups excluding carboxylic acids is 1. The summed E-state index contributed by atoms with van der Waals surface area (Å²) in [6.07, 6.45) is 2.21. The minimum Gasteiger partial charge on any atom is -0.484 e. The van der Waals surface area contributed by atoms with Crippen molar-refractivity contribution in [3.63, 3.8) is 0 Å². The summed E-state index contributed by atoms with van der Waals surface area (Å²) in [6.45, 7) is 9.08. The molecule has 0 radical (unpaired) electrons. The molecule has 1 saturated heterocycles. The Morgan fingerprint density at radius 1 is 1.26 bits per heavy atom. The van der Waals surface area contributed by atoms with Crippen molar-refractivity contribution in [2.45, 2.75) is 46.2 Å². The van der Waals surface area contributed by atoms with Crippen LogP contribution in [-0.4, -0.2) is 47.4 Å². The molecule has 1 aliphatic rings. The third-order valence-electron chi connectivity index (χ3n) is 5.17. The van der Waals surface area contributed by atoms with Crippen molar-refractivity contribution < 1.29 is 9.53 Å². The summed E-state index contributed by atoms with van der Waals surface area (Å²) in [5, 5.41) is 1.12. The van der Waals surface area contributed by atoms with Crippen molar-refractivity contribution in [3.05, 3.63) is 45.4 Å². The van der Waals surface area contributed by atoms with E-state index in [4.69, 9.17) is 4.74 Å². The second-order valence-electron chi connectivity index (χ2n) is 7.29. The largest absolute Gasteiger partial charge is 0.484 e. The summed E-state index contributed by atoms with van der Waals surface area (Å²) in [4.78, 5) is 22.2. The van der Waals surface area contributed by atoms with Crippen LogP contribution in [0.2, 0.25) is 0 Å². The molecule has 5 nitrogen and oxygen atoms in total. The first kappa shape index (κ1) is 19.8. The summed E-state index contributed by atoms with van der Waals surface area (Å²) >= 11 is 1.75. The Morgan fingerprint density at radius 2 is 1.93 bits per heavy atom. The zero-order chi connectivity index (χ0) is 19.4. The van der Waals surface area contributed by atoms with E-state index in [1.165, 1.54) is 16.1 Å². The molecule has 6 heteroatoms. The van der Waals surface area contributed by atoms with Crippen molar-refractivity contribution in [1.82, 2.24) is 14.8 Å². The van der Waals surface area contributed by atoms with E-state index in [0.717, 1.165) is 43.2 Å². The van der Waals surface area contributed by atoms with Gasteiger partial charge < -0.3 is 9.64 Å². The summed E-state index contributed by atoms with van der Waals surface area (Å²) in [6, 6.07) is 8.30. The predicted octanol–water partition coefficient (Wildman–Crippen LogP) is 3.95. The predicted molar refractivity (Wildman–Crippen MR) is 109 cm³/mol. The number of ether oxygens (including phenoxy) is 1. The lowest BCUT2D eigenvalue weighted by atomic mass is 10.1. The molecule has 1 aromatic carbocycles. The maximum Gasteiger partial charge on any atom is 0.260 e. The average Bonchev–Trinajstić information content (AvgIpc) is 3.30. The van der Waals surface area contributed by atoms with Crippen molar-refractivity contribution in [2.24, 2.45) is 0 Å². The molecular weight excluding hydrogens is 358 g/mol. The van der Waals surface area contributed by atoms with Crippen LogP contribution in [0.25, 0.3) is 0 Å². The van der Waals surface area contributed by atoms with Gasteiger partial charge in [-0.1, -0.05) is 12.1 Å².